The van der Waals surface area contributed by atoms with E-state index in [1.807, 2.05) is 12.1 Å². The molecule has 0 bridgehead atoms. The molecule has 1 aliphatic rings. The van der Waals surface area contributed by atoms with Crippen LogP contribution in [0.15, 0.2) is 22.9 Å². The van der Waals surface area contributed by atoms with Crippen LogP contribution in [-0.2, 0) is 10.4 Å². The molecule has 3 aromatic rings. The molecule has 1 aliphatic heterocycles. The SMILES string of the molecule is C[C@H]1C[C@@H](Nc2c(-c3nnc(C(C)(C)O)o3)cnc3[nH]ccc23)CN(C(=O)CC#N)C1. The van der Waals surface area contributed by atoms with Crippen LogP contribution in [0.5, 0.6) is 0 Å². The van der Waals surface area contributed by atoms with Crippen molar-refractivity contribution in [2.75, 3.05) is 18.4 Å². The quantitative estimate of drug-likeness (QED) is 0.567. The van der Waals surface area contributed by atoms with E-state index in [0.717, 1.165) is 17.5 Å². The van der Waals surface area contributed by atoms with Gasteiger partial charge < -0.3 is 24.7 Å². The van der Waals surface area contributed by atoms with Crippen molar-refractivity contribution < 1.29 is 14.3 Å². The van der Waals surface area contributed by atoms with Crippen LogP contribution in [0.3, 0.4) is 0 Å². The molecule has 2 atom stereocenters. The van der Waals surface area contributed by atoms with E-state index in [9.17, 15) is 9.90 Å². The molecule has 0 aromatic carbocycles. The zero-order chi connectivity index (χ0) is 22.2. The number of amides is 1. The van der Waals surface area contributed by atoms with Gasteiger partial charge in [0.1, 0.15) is 17.7 Å². The Labute approximate surface area is 179 Å². The molecule has 1 saturated heterocycles. The fraction of sp³-hybridized carbons (Fsp3) is 0.476. The first-order valence-electron chi connectivity index (χ1n) is 10.2. The summed E-state index contributed by atoms with van der Waals surface area (Å²) in [6.45, 7) is 6.38. The number of nitrogens with zero attached hydrogens (tertiary/aromatic N) is 5. The zero-order valence-corrected chi connectivity index (χ0v) is 17.7. The first-order chi connectivity index (χ1) is 14.8. The Bertz CT molecular complexity index is 1140. The smallest absolute Gasteiger partial charge is 0.251 e. The predicted molar refractivity (Wildman–Crippen MR) is 113 cm³/mol. The maximum atomic E-state index is 12.3. The lowest BCUT2D eigenvalue weighted by atomic mass is 9.95. The van der Waals surface area contributed by atoms with E-state index in [1.165, 1.54) is 0 Å². The highest BCUT2D eigenvalue weighted by molar-refractivity contribution is 5.97. The third-order valence-corrected chi connectivity index (χ3v) is 5.36. The number of nitrogens with one attached hydrogen (secondary N) is 2. The molecule has 4 heterocycles. The second kappa shape index (κ2) is 8.00. The van der Waals surface area contributed by atoms with Gasteiger partial charge in [-0.05, 0) is 32.3 Å². The number of fused-ring (bicyclic) bond motifs is 1. The molecule has 0 unspecified atom stereocenters. The fourth-order valence-electron chi connectivity index (χ4n) is 3.95. The van der Waals surface area contributed by atoms with Gasteiger partial charge in [-0.25, -0.2) is 4.98 Å². The van der Waals surface area contributed by atoms with Gasteiger partial charge in [0.25, 0.3) is 5.89 Å². The Balaban J connectivity index is 1.69. The summed E-state index contributed by atoms with van der Waals surface area (Å²) in [5.74, 6) is 0.485. The highest BCUT2D eigenvalue weighted by Gasteiger charge is 2.30. The number of H-pyrrole nitrogens is 1. The average Bonchev–Trinajstić information content (AvgIpc) is 3.37. The number of piperidine rings is 1. The number of likely N-dealkylation sites (tertiary alicyclic amines) is 1. The van der Waals surface area contributed by atoms with Gasteiger partial charge in [-0.3, -0.25) is 4.79 Å². The van der Waals surface area contributed by atoms with Crippen LogP contribution >= 0.6 is 0 Å². The molecule has 3 aromatic heterocycles. The summed E-state index contributed by atoms with van der Waals surface area (Å²) in [4.78, 5) is 21.6. The molecule has 162 valence electrons. The second-order valence-corrected chi connectivity index (χ2v) is 8.57. The lowest BCUT2D eigenvalue weighted by molar-refractivity contribution is -0.132. The van der Waals surface area contributed by atoms with Gasteiger partial charge in [-0.2, -0.15) is 5.26 Å². The Morgan fingerprint density at radius 1 is 1.45 bits per heavy atom. The summed E-state index contributed by atoms with van der Waals surface area (Å²) >= 11 is 0. The molecule has 10 nitrogen and oxygen atoms in total. The van der Waals surface area contributed by atoms with E-state index in [2.05, 4.69) is 32.4 Å². The van der Waals surface area contributed by atoms with E-state index in [-0.39, 0.29) is 36.1 Å². The van der Waals surface area contributed by atoms with Gasteiger partial charge in [0.2, 0.25) is 11.8 Å². The molecule has 1 fully saturated rings. The van der Waals surface area contributed by atoms with Crippen molar-refractivity contribution in [2.24, 2.45) is 5.92 Å². The van der Waals surface area contributed by atoms with Crippen molar-refractivity contribution in [2.45, 2.75) is 45.3 Å². The van der Waals surface area contributed by atoms with Crippen molar-refractivity contribution in [3.8, 4) is 17.5 Å². The first-order valence-corrected chi connectivity index (χ1v) is 10.2. The van der Waals surface area contributed by atoms with Crippen molar-refractivity contribution in [3.05, 3.63) is 24.4 Å². The number of aliphatic hydroxyl groups is 1. The summed E-state index contributed by atoms with van der Waals surface area (Å²) < 4.78 is 5.74. The Kier molecular flexibility index (Phi) is 5.37. The summed E-state index contributed by atoms with van der Waals surface area (Å²) in [5, 5.41) is 31.6. The minimum Gasteiger partial charge on any atom is -0.417 e. The maximum absolute atomic E-state index is 12.3. The lowest BCUT2D eigenvalue weighted by Gasteiger charge is -2.37. The third-order valence-electron chi connectivity index (χ3n) is 5.36. The predicted octanol–water partition coefficient (Wildman–Crippen LogP) is 2.40. The lowest BCUT2D eigenvalue weighted by Crippen LogP contribution is -2.48. The van der Waals surface area contributed by atoms with E-state index >= 15 is 0 Å². The molecular weight excluding hydrogens is 398 g/mol. The monoisotopic (exact) mass is 423 g/mol. The van der Waals surface area contributed by atoms with Gasteiger partial charge >= 0.3 is 0 Å². The van der Waals surface area contributed by atoms with Gasteiger partial charge in [0, 0.05) is 36.9 Å². The van der Waals surface area contributed by atoms with Crippen LogP contribution in [0.2, 0.25) is 0 Å². The molecule has 10 heteroatoms. The number of pyridine rings is 1. The van der Waals surface area contributed by atoms with Crippen LogP contribution < -0.4 is 5.32 Å². The Morgan fingerprint density at radius 2 is 2.26 bits per heavy atom. The third kappa shape index (κ3) is 4.22. The number of hydrogen-bond donors (Lipinski definition) is 3. The second-order valence-electron chi connectivity index (χ2n) is 8.57. The van der Waals surface area contributed by atoms with Gasteiger partial charge in [0.15, 0.2) is 0 Å². The Morgan fingerprint density at radius 3 is 2.97 bits per heavy atom. The molecule has 0 aliphatic carbocycles. The van der Waals surface area contributed by atoms with E-state index in [1.54, 1.807) is 31.1 Å². The number of carbonyl (C=O) groups excluding carboxylic acids is 1. The zero-order valence-electron chi connectivity index (χ0n) is 17.7. The number of hydrogen-bond acceptors (Lipinski definition) is 8. The van der Waals surface area contributed by atoms with Crippen molar-refractivity contribution >= 4 is 22.6 Å². The van der Waals surface area contributed by atoms with Crippen molar-refractivity contribution in [1.29, 1.82) is 5.26 Å². The molecule has 4 rings (SSSR count). The summed E-state index contributed by atoms with van der Waals surface area (Å²) in [6, 6.07) is 3.82. The normalized spacial score (nSPS) is 19.4. The molecule has 0 radical (unpaired) electrons. The minimum atomic E-state index is -1.26. The van der Waals surface area contributed by atoms with Crippen LogP contribution in [0.4, 0.5) is 5.69 Å². The van der Waals surface area contributed by atoms with Crippen LogP contribution in [-0.4, -0.2) is 55.2 Å². The largest absolute Gasteiger partial charge is 0.417 e. The van der Waals surface area contributed by atoms with E-state index in [0.29, 0.717) is 24.3 Å². The number of aromatic nitrogens is 4. The molecule has 0 spiro atoms. The van der Waals surface area contributed by atoms with Gasteiger partial charge in [-0.1, -0.05) is 6.92 Å². The topological polar surface area (TPSA) is 144 Å². The number of nitriles is 1. The van der Waals surface area contributed by atoms with Crippen molar-refractivity contribution in [3.63, 3.8) is 0 Å². The molecule has 3 N–H and O–H groups in total. The minimum absolute atomic E-state index is 0.0256. The first kappa shape index (κ1) is 20.8. The highest BCUT2D eigenvalue weighted by atomic mass is 16.4. The van der Waals surface area contributed by atoms with Crippen molar-refractivity contribution in [1.82, 2.24) is 25.1 Å². The van der Waals surface area contributed by atoms with E-state index in [4.69, 9.17) is 9.68 Å². The molecule has 31 heavy (non-hydrogen) atoms. The maximum Gasteiger partial charge on any atom is 0.251 e. The summed E-state index contributed by atoms with van der Waals surface area (Å²) in [7, 11) is 0. The van der Waals surface area contributed by atoms with Crippen LogP contribution in [0, 0.1) is 17.2 Å². The van der Waals surface area contributed by atoms with E-state index < -0.39 is 5.60 Å². The average molecular weight is 423 g/mol. The summed E-state index contributed by atoms with van der Waals surface area (Å²) in [6.07, 6.45) is 4.19. The van der Waals surface area contributed by atoms with Crippen LogP contribution in [0.1, 0.15) is 39.5 Å². The number of carbonyl (C=O) groups is 1. The van der Waals surface area contributed by atoms with Crippen LogP contribution in [0.25, 0.3) is 22.5 Å². The molecule has 1 amide bonds. The fourth-order valence-corrected chi connectivity index (χ4v) is 3.95. The Hall–Kier alpha value is -3.45. The number of anilines is 1. The van der Waals surface area contributed by atoms with Gasteiger partial charge in [0.05, 0.1) is 17.3 Å². The molecular formula is C21H25N7O3. The van der Waals surface area contributed by atoms with Gasteiger partial charge in [-0.15, -0.1) is 10.2 Å². The standard InChI is InChI=1S/C21H25N7O3/c1-12-8-13(11-28(10-12)16(29)4-6-22)25-17-14-5-7-23-18(14)24-9-15(17)19-26-27-20(31-19)21(2,3)30/h5,7,9,12-13,30H,4,8,10-11H2,1-3H3,(H2,23,24,25)/t12-,13+/m0/s1. The highest BCUT2D eigenvalue weighted by Crippen LogP contribution is 2.35. The number of aromatic amines is 1. The molecule has 0 saturated carbocycles. The summed E-state index contributed by atoms with van der Waals surface area (Å²) in [5.41, 5.74) is 0.826. The number of rotatable bonds is 5.